The van der Waals surface area contributed by atoms with E-state index in [1.807, 2.05) is 0 Å². The zero-order valence-electron chi connectivity index (χ0n) is 3.71. The Hall–Kier alpha value is -1.39. The van der Waals surface area contributed by atoms with Gasteiger partial charge < -0.3 is 10.2 Å². The van der Waals surface area contributed by atoms with Crippen molar-refractivity contribution in [2.75, 3.05) is 0 Å². The monoisotopic (exact) mass is 117 g/mol. The summed E-state index contributed by atoms with van der Waals surface area (Å²) in [6.45, 7) is 0. The molecule has 0 unspecified atom stereocenters. The van der Waals surface area contributed by atoms with E-state index in [1.54, 1.807) is 0 Å². The molecule has 3 N–H and O–H groups in total. The first-order valence-corrected chi connectivity index (χ1v) is 1.61. The molecule has 0 amide bonds. The number of nitrogens with one attached hydrogen (secondary N) is 1. The Morgan fingerprint density at radius 1 is 1.12 bits per heavy atom. The van der Waals surface area contributed by atoms with Crippen LogP contribution in [0.5, 0.6) is 0 Å². The van der Waals surface area contributed by atoms with Crippen LogP contribution in [0.2, 0.25) is 0 Å². The topological polar surface area (TPSA) is 98.5 Å². The summed E-state index contributed by atoms with van der Waals surface area (Å²) in [5, 5.41) is 21.7. The minimum atomic E-state index is -1.72. The summed E-state index contributed by atoms with van der Waals surface area (Å²) in [6.07, 6.45) is 0. The van der Waals surface area contributed by atoms with Gasteiger partial charge in [-0.1, -0.05) is 0 Å². The lowest BCUT2D eigenvalue weighted by Gasteiger charge is -1.84. The highest BCUT2D eigenvalue weighted by Gasteiger charge is 2.13. The van der Waals surface area contributed by atoms with E-state index in [9.17, 15) is 9.59 Å². The maximum Gasteiger partial charge on any atom is 0.361 e. The zero-order chi connectivity index (χ0) is 6.73. The molecular formula is C3H3NO4. The Morgan fingerprint density at radius 3 is 1.38 bits per heavy atom. The van der Waals surface area contributed by atoms with Crippen LogP contribution >= 0.6 is 0 Å². The van der Waals surface area contributed by atoms with Crippen LogP contribution in [0.3, 0.4) is 0 Å². The summed E-state index contributed by atoms with van der Waals surface area (Å²) < 4.78 is 0. The Balaban J connectivity index is 4.05. The molecule has 44 valence electrons. The molecule has 0 saturated carbocycles. The third-order valence-electron chi connectivity index (χ3n) is 0.428. The van der Waals surface area contributed by atoms with Gasteiger partial charge in [0.15, 0.2) is 0 Å². The fraction of sp³-hybridized carbons (Fsp3) is 0. The van der Waals surface area contributed by atoms with Crippen molar-refractivity contribution in [3.05, 3.63) is 0 Å². The van der Waals surface area contributed by atoms with Gasteiger partial charge in [0.25, 0.3) is 0 Å². The van der Waals surface area contributed by atoms with Crippen molar-refractivity contribution in [2.45, 2.75) is 0 Å². The second kappa shape index (κ2) is 2.06. The first-order chi connectivity index (χ1) is 3.55. The maximum atomic E-state index is 9.54. The molecule has 0 bridgehead atoms. The van der Waals surface area contributed by atoms with Gasteiger partial charge in [0.2, 0.25) is 5.71 Å². The smallest absolute Gasteiger partial charge is 0.361 e. The summed E-state index contributed by atoms with van der Waals surface area (Å²) in [4.78, 5) is 19.1. The molecule has 0 aromatic rings. The van der Waals surface area contributed by atoms with Crippen molar-refractivity contribution in [3.63, 3.8) is 0 Å². The van der Waals surface area contributed by atoms with E-state index in [0.717, 1.165) is 0 Å². The molecule has 0 aliphatic heterocycles. The average molecular weight is 117 g/mol. The molecule has 0 fully saturated rings. The highest BCUT2D eigenvalue weighted by atomic mass is 16.4. The fourth-order valence-corrected chi connectivity index (χ4v) is 0.0915. The Bertz CT molecular complexity index is 133. The molecule has 0 radical (unpaired) electrons. The summed E-state index contributed by atoms with van der Waals surface area (Å²) in [5.41, 5.74) is -1.31. The van der Waals surface area contributed by atoms with Gasteiger partial charge in [0.1, 0.15) is 0 Å². The van der Waals surface area contributed by atoms with Crippen molar-refractivity contribution in [1.82, 2.24) is 0 Å². The lowest BCUT2D eigenvalue weighted by Crippen LogP contribution is -2.21. The first kappa shape index (κ1) is 6.61. The number of aliphatic carboxylic acids is 2. The SMILES string of the molecule is N=C(C(=O)O)C(=O)O. The molecular weight excluding hydrogens is 114 g/mol. The second-order valence-corrected chi connectivity index (χ2v) is 0.985. The number of rotatable bonds is 2. The number of hydrogen-bond donors (Lipinski definition) is 3. The maximum absolute atomic E-state index is 9.54. The molecule has 0 aromatic carbocycles. The van der Waals surface area contributed by atoms with Crippen LogP contribution in [-0.4, -0.2) is 27.9 Å². The van der Waals surface area contributed by atoms with E-state index in [2.05, 4.69) is 0 Å². The van der Waals surface area contributed by atoms with Gasteiger partial charge in [-0.05, 0) is 0 Å². The molecule has 0 atom stereocenters. The van der Waals surface area contributed by atoms with Gasteiger partial charge in [-0.3, -0.25) is 5.41 Å². The third-order valence-corrected chi connectivity index (χ3v) is 0.428. The lowest BCUT2D eigenvalue weighted by atomic mass is 10.4. The van der Waals surface area contributed by atoms with Gasteiger partial charge in [0, 0.05) is 0 Å². The Labute approximate surface area is 44.1 Å². The van der Waals surface area contributed by atoms with Crippen LogP contribution in [0.15, 0.2) is 0 Å². The molecule has 0 aliphatic rings. The van der Waals surface area contributed by atoms with Crippen molar-refractivity contribution in [2.24, 2.45) is 0 Å². The molecule has 0 saturated heterocycles. The Morgan fingerprint density at radius 2 is 1.38 bits per heavy atom. The number of carboxylic acid groups (broad SMARTS) is 2. The van der Waals surface area contributed by atoms with Crippen molar-refractivity contribution in [1.29, 1.82) is 5.41 Å². The molecule has 0 spiro atoms. The van der Waals surface area contributed by atoms with Gasteiger partial charge in [-0.15, -0.1) is 0 Å². The van der Waals surface area contributed by atoms with E-state index < -0.39 is 17.7 Å². The quantitative estimate of drug-likeness (QED) is 0.325. The van der Waals surface area contributed by atoms with Gasteiger partial charge >= 0.3 is 11.9 Å². The molecule has 5 nitrogen and oxygen atoms in total. The van der Waals surface area contributed by atoms with Crippen LogP contribution in [0.1, 0.15) is 0 Å². The van der Waals surface area contributed by atoms with Crippen LogP contribution < -0.4 is 0 Å². The normalized spacial score (nSPS) is 8.00. The molecule has 8 heavy (non-hydrogen) atoms. The third kappa shape index (κ3) is 1.38. The molecule has 0 aliphatic carbocycles. The summed E-state index contributed by atoms with van der Waals surface area (Å²) in [5.74, 6) is -3.45. The van der Waals surface area contributed by atoms with Gasteiger partial charge in [-0.25, -0.2) is 9.59 Å². The predicted molar refractivity (Wildman–Crippen MR) is 23.0 cm³/mol. The molecule has 5 heteroatoms. The number of carbonyl (C=O) groups is 2. The van der Waals surface area contributed by atoms with Crippen molar-refractivity contribution in [3.8, 4) is 0 Å². The van der Waals surface area contributed by atoms with Crippen LogP contribution in [0.4, 0.5) is 0 Å². The highest BCUT2D eigenvalue weighted by Crippen LogP contribution is 1.70. The van der Waals surface area contributed by atoms with E-state index in [-0.39, 0.29) is 0 Å². The summed E-state index contributed by atoms with van der Waals surface area (Å²) >= 11 is 0. The predicted octanol–water partition coefficient (Wildman–Crippen LogP) is -0.825. The number of carboxylic acids is 2. The summed E-state index contributed by atoms with van der Waals surface area (Å²) in [7, 11) is 0. The minimum absolute atomic E-state index is 1.31. The zero-order valence-corrected chi connectivity index (χ0v) is 3.71. The second-order valence-electron chi connectivity index (χ2n) is 0.985. The molecule has 0 rings (SSSR count). The van der Waals surface area contributed by atoms with E-state index in [1.165, 1.54) is 0 Å². The summed E-state index contributed by atoms with van der Waals surface area (Å²) in [6, 6.07) is 0. The standard InChI is InChI=1S/C3H3NO4/c4-1(2(5)6)3(7)8/h4H,(H,5,6)(H,7,8). The van der Waals surface area contributed by atoms with Crippen LogP contribution in [-0.2, 0) is 9.59 Å². The van der Waals surface area contributed by atoms with Crippen LogP contribution in [0.25, 0.3) is 0 Å². The van der Waals surface area contributed by atoms with Gasteiger partial charge in [-0.2, -0.15) is 0 Å². The highest BCUT2D eigenvalue weighted by molar-refractivity contribution is 6.60. The molecule has 0 heterocycles. The van der Waals surface area contributed by atoms with Gasteiger partial charge in [0.05, 0.1) is 0 Å². The molecule has 0 aromatic heterocycles. The minimum Gasteiger partial charge on any atom is -0.476 e. The van der Waals surface area contributed by atoms with E-state index in [4.69, 9.17) is 15.6 Å². The van der Waals surface area contributed by atoms with E-state index >= 15 is 0 Å². The van der Waals surface area contributed by atoms with Crippen molar-refractivity contribution >= 4 is 17.7 Å². The van der Waals surface area contributed by atoms with Crippen molar-refractivity contribution < 1.29 is 19.8 Å². The van der Waals surface area contributed by atoms with E-state index in [0.29, 0.717) is 0 Å². The number of hydrogen-bond acceptors (Lipinski definition) is 3. The Kier molecular flexibility index (Phi) is 1.70. The lowest BCUT2D eigenvalue weighted by molar-refractivity contribution is -0.134. The fourth-order valence-electron chi connectivity index (χ4n) is 0.0915. The van der Waals surface area contributed by atoms with Crippen LogP contribution in [0, 0.1) is 5.41 Å². The largest absolute Gasteiger partial charge is 0.476 e. The average Bonchev–Trinajstić information content (AvgIpc) is 1.64. The first-order valence-electron chi connectivity index (χ1n) is 1.61.